The summed E-state index contributed by atoms with van der Waals surface area (Å²) in [5.41, 5.74) is 3.59. The minimum atomic E-state index is -0.298. The molecule has 1 heterocycles. The summed E-state index contributed by atoms with van der Waals surface area (Å²) in [6, 6.07) is 16.0. The van der Waals surface area contributed by atoms with Gasteiger partial charge in [0, 0.05) is 23.0 Å². The van der Waals surface area contributed by atoms with Gasteiger partial charge in [0.15, 0.2) is 0 Å². The van der Waals surface area contributed by atoms with Gasteiger partial charge in [0.25, 0.3) is 5.91 Å². The van der Waals surface area contributed by atoms with E-state index in [0.29, 0.717) is 18.7 Å². The van der Waals surface area contributed by atoms with E-state index in [9.17, 15) is 14.0 Å². The number of nitrogens with zero attached hydrogens (tertiary/aromatic N) is 2. The van der Waals surface area contributed by atoms with E-state index < -0.39 is 0 Å². The zero-order chi connectivity index (χ0) is 24.8. The summed E-state index contributed by atoms with van der Waals surface area (Å²) >= 11 is 1.63. The molecule has 4 nitrogen and oxygen atoms in total. The van der Waals surface area contributed by atoms with Crippen molar-refractivity contribution in [2.24, 2.45) is 0 Å². The van der Waals surface area contributed by atoms with Crippen LogP contribution < -0.4 is 0 Å². The number of carbonyl (C=O) groups is 2. The van der Waals surface area contributed by atoms with Gasteiger partial charge in [-0.1, -0.05) is 49.6 Å². The van der Waals surface area contributed by atoms with Crippen molar-refractivity contribution >= 4 is 23.2 Å². The number of halogens is 1. The lowest BCUT2D eigenvalue weighted by atomic mass is 9.93. The second-order valence-electron chi connectivity index (χ2n) is 9.44. The van der Waals surface area contributed by atoms with Crippen molar-refractivity contribution in [2.45, 2.75) is 65.1 Å². The summed E-state index contributed by atoms with van der Waals surface area (Å²) in [6.45, 7) is 4.87. The number of rotatable bonds is 8. The summed E-state index contributed by atoms with van der Waals surface area (Å²) in [6.07, 6.45) is 5.17. The third-order valence-corrected chi connectivity index (χ3v) is 7.91. The number of benzene rings is 2. The van der Waals surface area contributed by atoms with E-state index in [-0.39, 0.29) is 30.2 Å². The Hall–Kier alpha value is -2.99. The van der Waals surface area contributed by atoms with E-state index in [1.54, 1.807) is 28.4 Å². The summed E-state index contributed by atoms with van der Waals surface area (Å²) in [7, 11) is 0. The minimum absolute atomic E-state index is 0.0451. The van der Waals surface area contributed by atoms with E-state index in [1.165, 1.54) is 18.6 Å². The van der Waals surface area contributed by atoms with Crippen LogP contribution in [-0.4, -0.2) is 34.2 Å². The lowest BCUT2D eigenvalue weighted by Crippen LogP contribution is -2.48. The highest BCUT2D eigenvalue weighted by atomic mass is 32.1. The molecular weight excluding hydrogens is 459 g/mol. The summed E-state index contributed by atoms with van der Waals surface area (Å²) < 4.78 is 13.5. The molecule has 0 aliphatic heterocycles. The number of carbonyl (C=O) groups excluding carboxylic acids is 2. The van der Waals surface area contributed by atoms with Gasteiger partial charge in [-0.2, -0.15) is 0 Å². The molecule has 6 heteroatoms. The lowest BCUT2D eigenvalue weighted by molar-refractivity contribution is -0.133. The Bertz CT molecular complexity index is 1150. The molecule has 0 spiro atoms. The quantitative estimate of drug-likeness (QED) is 0.360. The van der Waals surface area contributed by atoms with Gasteiger partial charge in [-0.3, -0.25) is 9.59 Å². The molecule has 1 aliphatic carbocycles. The van der Waals surface area contributed by atoms with Gasteiger partial charge in [-0.25, -0.2) is 4.39 Å². The fourth-order valence-corrected chi connectivity index (χ4v) is 5.68. The van der Waals surface area contributed by atoms with E-state index >= 15 is 0 Å². The Balaban J connectivity index is 1.60. The van der Waals surface area contributed by atoms with Crippen LogP contribution in [0.25, 0.3) is 0 Å². The minimum Gasteiger partial charge on any atom is -0.332 e. The van der Waals surface area contributed by atoms with Crippen LogP contribution in [0.3, 0.4) is 0 Å². The second kappa shape index (κ2) is 11.6. The van der Waals surface area contributed by atoms with E-state index in [0.717, 1.165) is 47.3 Å². The molecule has 1 fully saturated rings. The van der Waals surface area contributed by atoms with Crippen molar-refractivity contribution in [1.29, 1.82) is 0 Å². The molecule has 0 saturated heterocycles. The average molecular weight is 493 g/mol. The molecule has 0 atom stereocenters. The molecule has 1 saturated carbocycles. The molecule has 1 aliphatic rings. The fraction of sp³-hybridized carbons (Fsp3) is 0.379. The van der Waals surface area contributed by atoms with Crippen molar-refractivity contribution in [1.82, 2.24) is 9.80 Å². The normalized spacial score (nSPS) is 14.0. The van der Waals surface area contributed by atoms with Crippen molar-refractivity contribution in [3.8, 4) is 0 Å². The van der Waals surface area contributed by atoms with E-state index in [4.69, 9.17) is 0 Å². The first-order chi connectivity index (χ1) is 16.9. The van der Waals surface area contributed by atoms with Crippen LogP contribution in [0.2, 0.25) is 0 Å². The summed E-state index contributed by atoms with van der Waals surface area (Å²) in [4.78, 5) is 32.2. The molecule has 3 aromatic rings. The first-order valence-electron chi connectivity index (χ1n) is 12.3. The topological polar surface area (TPSA) is 40.6 Å². The average Bonchev–Trinajstić information content (AvgIpc) is 3.28. The summed E-state index contributed by atoms with van der Waals surface area (Å²) in [5.74, 6) is -0.458. The Labute approximate surface area is 211 Å². The maximum absolute atomic E-state index is 13.8. The standard InChI is InChI=1S/C29H33FN2O2S/c1-21-8-6-7-11-26(21)29(34)32(25-9-4-3-5-10-25)20-28(33)31(19-27-22(2)16-17-35-27)18-23-12-14-24(30)15-13-23/h6-8,11-17,25H,3-5,9-10,18-20H2,1-2H3. The molecule has 0 unspecified atom stereocenters. The van der Waals surface area contributed by atoms with Gasteiger partial charge in [0.2, 0.25) is 5.91 Å². The van der Waals surface area contributed by atoms with Crippen molar-refractivity contribution in [3.63, 3.8) is 0 Å². The smallest absolute Gasteiger partial charge is 0.254 e. The van der Waals surface area contributed by atoms with Crippen LogP contribution >= 0.6 is 11.3 Å². The first-order valence-corrected chi connectivity index (χ1v) is 13.2. The molecule has 2 amide bonds. The first kappa shape index (κ1) is 25.1. The van der Waals surface area contributed by atoms with Crippen LogP contribution in [0.1, 0.15) is 64.0 Å². The lowest BCUT2D eigenvalue weighted by Gasteiger charge is -2.36. The van der Waals surface area contributed by atoms with Crippen LogP contribution in [0.15, 0.2) is 60.0 Å². The third kappa shape index (κ3) is 6.37. The molecule has 0 bridgehead atoms. The van der Waals surface area contributed by atoms with Crippen molar-refractivity contribution in [3.05, 3.63) is 92.9 Å². The SMILES string of the molecule is Cc1ccccc1C(=O)N(CC(=O)N(Cc1ccc(F)cc1)Cc1sccc1C)C1CCCCC1. The Morgan fingerprint density at radius 2 is 1.63 bits per heavy atom. The van der Waals surface area contributed by atoms with Gasteiger partial charge in [-0.05, 0) is 73.0 Å². The zero-order valence-electron chi connectivity index (χ0n) is 20.5. The summed E-state index contributed by atoms with van der Waals surface area (Å²) in [5, 5.41) is 2.03. The highest BCUT2D eigenvalue weighted by molar-refractivity contribution is 7.10. The Kier molecular flexibility index (Phi) is 8.34. The number of hydrogen-bond donors (Lipinski definition) is 0. The predicted molar refractivity (Wildman–Crippen MR) is 139 cm³/mol. The van der Waals surface area contributed by atoms with Gasteiger partial charge >= 0.3 is 0 Å². The van der Waals surface area contributed by atoms with E-state index in [1.807, 2.05) is 48.4 Å². The largest absolute Gasteiger partial charge is 0.332 e. The third-order valence-electron chi connectivity index (χ3n) is 6.90. The second-order valence-corrected chi connectivity index (χ2v) is 10.4. The van der Waals surface area contributed by atoms with Gasteiger partial charge in [-0.15, -0.1) is 11.3 Å². The molecule has 184 valence electrons. The number of amides is 2. The van der Waals surface area contributed by atoms with Gasteiger partial charge in [0.05, 0.1) is 6.54 Å². The van der Waals surface area contributed by atoms with Crippen molar-refractivity contribution in [2.75, 3.05) is 6.54 Å². The number of thiophene rings is 1. The monoisotopic (exact) mass is 492 g/mol. The molecule has 4 rings (SSSR count). The van der Waals surface area contributed by atoms with Gasteiger partial charge < -0.3 is 9.80 Å². The molecule has 1 aromatic heterocycles. The number of hydrogen-bond acceptors (Lipinski definition) is 3. The zero-order valence-corrected chi connectivity index (χ0v) is 21.3. The molecule has 35 heavy (non-hydrogen) atoms. The Morgan fingerprint density at radius 1 is 0.914 bits per heavy atom. The molecular formula is C29H33FN2O2S. The maximum atomic E-state index is 13.8. The van der Waals surface area contributed by atoms with Gasteiger partial charge in [0.1, 0.15) is 12.4 Å². The predicted octanol–water partition coefficient (Wildman–Crippen LogP) is 6.51. The van der Waals surface area contributed by atoms with Crippen molar-refractivity contribution < 1.29 is 14.0 Å². The molecule has 0 radical (unpaired) electrons. The highest BCUT2D eigenvalue weighted by Crippen LogP contribution is 2.26. The van der Waals surface area contributed by atoms with Crippen LogP contribution in [-0.2, 0) is 17.9 Å². The van der Waals surface area contributed by atoms with Crippen LogP contribution in [0.4, 0.5) is 4.39 Å². The van der Waals surface area contributed by atoms with Crippen LogP contribution in [0, 0.1) is 19.7 Å². The number of aryl methyl sites for hydroxylation is 2. The highest BCUT2D eigenvalue weighted by Gasteiger charge is 2.30. The fourth-order valence-electron chi connectivity index (χ4n) is 4.75. The molecule has 0 N–H and O–H groups in total. The Morgan fingerprint density at radius 3 is 2.29 bits per heavy atom. The van der Waals surface area contributed by atoms with Crippen LogP contribution in [0.5, 0.6) is 0 Å². The maximum Gasteiger partial charge on any atom is 0.254 e. The molecule has 2 aromatic carbocycles. The van der Waals surface area contributed by atoms with E-state index in [2.05, 4.69) is 6.07 Å².